The molecule has 2 N–H and O–H groups in total. The molecular weight excluding hydrogens is 318 g/mol. The average Bonchev–Trinajstić information content (AvgIpc) is 2.78. The van der Waals surface area contributed by atoms with E-state index in [0.717, 1.165) is 4.68 Å². The molecule has 0 radical (unpaired) electrons. The molecule has 9 heteroatoms. The number of halogens is 4. The van der Waals surface area contributed by atoms with Crippen LogP contribution >= 0.6 is 0 Å². The lowest BCUT2D eigenvalue weighted by atomic mass is 9.96. The highest BCUT2D eigenvalue weighted by Gasteiger charge is 2.46. The summed E-state index contributed by atoms with van der Waals surface area (Å²) < 4.78 is 59.3. The van der Waals surface area contributed by atoms with Gasteiger partial charge in [0.15, 0.2) is 0 Å². The molecule has 0 saturated heterocycles. The lowest BCUT2D eigenvalue weighted by molar-refractivity contribution is -0.0926. The number of ether oxygens (including phenoxy) is 1. The fourth-order valence-electron chi connectivity index (χ4n) is 3.20. The number of nitrogens with one attached hydrogen (secondary N) is 1. The fourth-order valence-corrected chi connectivity index (χ4v) is 3.20. The minimum atomic E-state index is -3.12. The van der Waals surface area contributed by atoms with Gasteiger partial charge in [-0.15, -0.1) is 0 Å². The molecule has 23 heavy (non-hydrogen) atoms. The topological polar surface area (TPSA) is 59.3 Å². The molecular formula is C14H19F4N3O2. The first-order valence-electron chi connectivity index (χ1n) is 7.57. The summed E-state index contributed by atoms with van der Waals surface area (Å²) in [5.74, 6) is -3.12. The number of fused-ring (bicyclic) bond motifs is 3. The van der Waals surface area contributed by atoms with Gasteiger partial charge in [-0.2, -0.15) is 13.9 Å². The van der Waals surface area contributed by atoms with Crippen molar-refractivity contribution in [3.63, 3.8) is 0 Å². The van der Waals surface area contributed by atoms with Crippen molar-refractivity contribution in [2.24, 2.45) is 0 Å². The number of aromatic nitrogens is 2. The van der Waals surface area contributed by atoms with Crippen molar-refractivity contribution in [1.82, 2.24) is 15.1 Å². The molecule has 0 spiro atoms. The molecule has 1 aromatic heterocycles. The van der Waals surface area contributed by atoms with Gasteiger partial charge in [-0.05, 0) is 6.42 Å². The molecule has 0 aromatic carbocycles. The molecule has 1 aromatic rings. The quantitative estimate of drug-likeness (QED) is 0.816. The summed E-state index contributed by atoms with van der Waals surface area (Å²) in [6, 6.07) is 0. The Hall–Kier alpha value is -1.19. The number of alkyl halides is 4. The van der Waals surface area contributed by atoms with Gasteiger partial charge in [-0.25, -0.2) is 8.78 Å². The van der Waals surface area contributed by atoms with E-state index in [1.807, 2.05) is 0 Å². The van der Waals surface area contributed by atoms with Gasteiger partial charge >= 0.3 is 0 Å². The smallest absolute Gasteiger partial charge is 0.289 e. The number of nitrogens with zero attached hydrogens (tertiary/aromatic N) is 2. The van der Waals surface area contributed by atoms with Crippen molar-refractivity contribution >= 4 is 0 Å². The molecule has 3 heterocycles. The zero-order valence-corrected chi connectivity index (χ0v) is 12.5. The van der Waals surface area contributed by atoms with Crippen LogP contribution in [0.4, 0.5) is 17.6 Å². The van der Waals surface area contributed by atoms with Gasteiger partial charge < -0.3 is 15.2 Å². The van der Waals surface area contributed by atoms with Crippen molar-refractivity contribution in [1.29, 1.82) is 0 Å². The molecule has 0 bridgehead atoms. The summed E-state index contributed by atoms with van der Waals surface area (Å²) in [7, 11) is 0. The molecule has 0 unspecified atom stereocenters. The minimum absolute atomic E-state index is 0.176. The van der Waals surface area contributed by atoms with E-state index in [1.165, 1.54) is 0 Å². The molecule has 0 amide bonds. The number of aliphatic hydroxyl groups is 1. The molecule has 2 aliphatic heterocycles. The molecule has 5 nitrogen and oxygen atoms in total. The molecule has 0 aliphatic carbocycles. The van der Waals surface area contributed by atoms with Gasteiger partial charge in [0.05, 0.1) is 18.8 Å². The van der Waals surface area contributed by atoms with Crippen LogP contribution in [0.2, 0.25) is 0 Å². The maximum absolute atomic E-state index is 14.5. The van der Waals surface area contributed by atoms with Gasteiger partial charge in [-0.1, -0.05) is 0 Å². The third-order valence-corrected chi connectivity index (χ3v) is 4.28. The van der Waals surface area contributed by atoms with Crippen molar-refractivity contribution in [3.8, 4) is 0 Å². The van der Waals surface area contributed by atoms with E-state index in [2.05, 4.69) is 10.4 Å². The molecule has 3 rings (SSSR count). The van der Waals surface area contributed by atoms with E-state index < -0.39 is 37.6 Å². The van der Waals surface area contributed by atoms with Crippen LogP contribution in [0.3, 0.4) is 0 Å². The van der Waals surface area contributed by atoms with Gasteiger partial charge in [0, 0.05) is 31.5 Å². The van der Waals surface area contributed by atoms with E-state index >= 15 is 0 Å². The Bertz CT molecular complexity index is 579. The van der Waals surface area contributed by atoms with E-state index in [0.29, 0.717) is 30.8 Å². The number of hydrogen-bond acceptors (Lipinski definition) is 4. The van der Waals surface area contributed by atoms with Gasteiger partial charge in [0.25, 0.3) is 12.3 Å². The van der Waals surface area contributed by atoms with E-state index in [1.54, 1.807) is 0 Å². The lowest BCUT2D eigenvalue weighted by Gasteiger charge is -2.26. The van der Waals surface area contributed by atoms with E-state index in [4.69, 9.17) is 4.74 Å². The number of rotatable bonds is 4. The largest absolute Gasteiger partial charge is 0.386 e. The van der Waals surface area contributed by atoms with Crippen LogP contribution < -0.4 is 5.32 Å². The lowest BCUT2D eigenvalue weighted by Crippen LogP contribution is -2.39. The summed E-state index contributed by atoms with van der Waals surface area (Å²) >= 11 is 0. The van der Waals surface area contributed by atoms with Crippen LogP contribution in [0, 0.1) is 0 Å². The first-order chi connectivity index (χ1) is 10.8. The SMILES string of the molecule is O[C@@]1(COCC(F)F)CCC(F)(F)c2c3c(nn2C1)CCNC3. The maximum atomic E-state index is 14.5. The minimum Gasteiger partial charge on any atom is -0.386 e. The maximum Gasteiger partial charge on any atom is 0.289 e. The number of hydrogen-bond donors (Lipinski definition) is 2. The van der Waals surface area contributed by atoms with Crippen molar-refractivity contribution in [2.75, 3.05) is 19.8 Å². The average molecular weight is 337 g/mol. The second-order valence-electron chi connectivity index (χ2n) is 6.19. The van der Waals surface area contributed by atoms with Crippen LogP contribution in [-0.4, -0.2) is 46.7 Å². The van der Waals surface area contributed by atoms with Crippen LogP contribution in [-0.2, 0) is 30.2 Å². The zero-order valence-electron chi connectivity index (χ0n) is 12.5. The Morgan fingerprint density at radius 1 is 1.35 bits per heavy atom. The first kappa shape index (κ1) is 16.7. The highest BCUT2D eigenvalue weighted by atomic mass is 19.3. The Kier molecular flexibility index (Phi) is 4.37. The normalized spacial score (nSPS) is 26.7. The molecule has 1 atom stereocenters. The molecule has 130 valence electrons. The van der Waals surface area contributed by atoms with Crippen LogP contribution in [0.15, 0.2) is 0 Å². The third kappa shape index (κ3) is 3.36. The summed E-state index contributed by atoms with van der Waals surface area (Å²) in [4.78, 5) is 0. The predicted molar refractivity (Wildman–Crippen MR) is 72.5 cm³/mol. The van der Waals surface area contributed by atoms with Crippen molar-refractivity contribution in [3.05, 3.63) is 17.0 Å². The van der Waals surface area contributed by atoms with Crippen molar-refractivity contribution in [2.45, 2.75) is 50.3 Å². The Labute approximate surface area is 130 Å². The third-order valence-electron chi connectivity index (χ3n) is 4.28. The molecule has 2 aliphatic rings. The van der Waals surface area contributed by atoms with Crippen LogP contribution in [0.1, 0.15) is 29.8 Å². The highest BCUT2D eigenvalue weighted by molar-refractivity contribution is 5.32. The summed E-state index contributed by atoms with van der Waals surface area (Å²) in [5.41, 5.74) is -0.717. The summed E-state index contributed by atoms with van der Waals surface area (Å²) in [6.07, 6.45) is -2.93. The zero-order chi connectivity index (χ0) is 16.7. The van der Waals surface area contributed by atoms with Crippen molar-refractivity contribution < 1.29 is 27.4 Å². The first-order valence-corrected chi connectivity index (χ1v) is 7.57. The Balaban J connectivity index is 1.87. The second kappa shape index (κ2) is 6.03. The monoisotopic (exact) mass is 337 g/mol. The van der Waals surface area contributed by atoms with Crippen LogP contribution in [0.5, 0.6) is 0 Å². The second-order valence-corrected chi connectivity index (χ2v) is 6.19. The predicted octanol–water partition coefficient (Wildman–Crippen LogP) is 1.43. The van der Waals surface area contributed by atoms with E-state index in [-0.39, 0.29) is 18.7 Å². The summed E-state index contributed by atoms with van der Waals surface area (Å²) in [6.45, 7) is -0.452. The Morgan fingerprint density at radius 2 is 2.13 bits per heavy atom. The van der Waals surface area contributed by atoms with Gasteiger partial charge in [-0.3, -0.25) is 4.68 Å². The Morgan fingerprint density at radius 3 is 2.87 bits per heavy atom. The molecule has 0 saturated carbocycles. The standard InChI is InChI=1S/C14H19F4N3O2/c15-11(16)6-23-8-13(22)2-3-14(17,18)12-9-5-19-4-1-10(9)20-21(12)7-13/h11,19,22H,1-8H2/t13-/m0/s1. The highest BCUT2D eigenvalue weighted by Crippen LogP contribution is 2.42. The molecule has 0 fully saturated rings. The fraction of sp³-hybridized carbons (Fsp3) is 0.786. The van der Waals surface area contributed by atoms with Crippen LogP contribution in [0.25, 0.3) is 0 Å². The van der Waals surface area contributed by atoms with Gasteiger partial charge in [0.2, 0.25) is 0 Å². The van der Waals surface area contributed by atoms with Gasteiger partial charge in [0.1, 0.15) is 17.9 Å². The summed E-state index contributed by atoms with van der Waals surface area (Å²) in [5, 5.41) is 17.8. The van der Waals surface area contributed by atoms with E-state index in [9.17, 15) is 22.7 Å².